The number of hydrogen-bond acceptors (Lipinski definition) is 3. The molecule has 0 aromatic heterocycles. The van der Waals surface area contributed by atoms with Gasteiger partial charge in [0.15, 0.2) is 0 Å². The van der Waals surface area contributed by atoms with E-state index in [1.165, 1.54) is 0 Å². The SMILES string of the molecule is Cc1ccc(C2=C(Nc3cc(C)ccc3C)C(=O)N(c3ccccc3Cl)C2=O)cc1. The van der Waals surface area contributed by atoms with Crippen molar-refractivity contribution in [3.8, 4) is 0 Å². The zero-order chi connectivity index (χ0) is 21.4. The second-order valence-corrected chi connectivity index (χ2v) is 7.86. The molecular formula is C25H21ClN2O2. The van der Waals surface area contributed by atoms with Crippen LogP contribution in [0.15, 0.2) is 72.4 Å². The van der Waals surface area contributed by atoms with Gasteiger partial charge in [-0.2, -0.15) is 0 Å². The van der Waals surface area contributed by atoms with Crippen LogP contribution in [0.2, 0.25) is 5.02 Å². The Hall–Kier alpha value is -3.37. The average Bonchev–Trinajstić information content (AvgIpc) is 2.96. The van der Waals surface area contributed by atoms with Crippen molar-refractivity contribution in [1.82, 2.24) is 0 Å². The molecule has 0 fully saturated rings. The minimum absolute atomic E-state index is 0.248. The molecule has 1 heterocycles. The molecule has 0 atom stereocenters. The Morgan fingerprint density at radius 3 is 2.17 bits per heavy atom. The Morgan fingerprint density at radius 2 is 1.47 bits per heavy atom. The van der Waals surface area contributed by atoms with Gasteiger partial charge in [0.25, 0.3) is 11.8 Å². The lowest BCUT2D eigenvalue weighted by molar-refractivity contribution is -0.120. The summed E-state index contributed by atoms with van der Waals surface area (Å²) in [6, 6.07) is 20.4. The van der Waals surface area contributed by atoms with Crippen LogP contribution in [0.4, 0.5) is 11.4 Å². The van der Waals surface area contributed by atoms with Gasteiger partial charge in [-0.1, -0.05) is 65.7 Å². The Balaban J connectivity index is 1.87. The van der Waals surface area contributed by atoms with Crippen LogP contribution < -0.4 is 10.2 Å². The first-order chi connectivity index (χ1) is 14.4. The van der Waals surface area contributed by atoms with E-state index < -0.39 is 11.8 Å². The second-order valence-electron chi connectivity index (χ2n) is 7.46. The average molecular weight is 417 g/mol. The van der Waals surface area contributed by atoms with E-state index in [0.29, 0.717) is 21.8 Å². The van der Waals surface area contributed by atoms with Crippen LogP contribution in [-0.2, 0) is 9.59 Å². The monoisotopic (exact) mass is 416 g/mol. The largest absolute Gasteiger partial charge is 0.350 e. The first-order valence-corrected chi connectivity index (χ1v) is 10.0. The van der Waals surface area contributed by atoms with Crippen molar-refractivity contribution in [3.05, 3.63) is 99.7 Å². The molecule has 0 spiro atoms. The van der Waals surface area contributed by atoms with Gasteiger partial charge in [0.1, 0.15) is 5.70 Å². The molecule has 1 N–H and O–H groups in total. The standard InChI is InChI=1S/C25H21ClN2O2/c1-15-9-12-18(13-10-15)22-23(27-20-14-16(2)8-11-17(20)3)25(30)28(24(22)29)21-7-5-4-6-19(21)26/h4-14,27H,1-3H3. The topological polar surface area (TPSA) is 49.4 Å². The van der Waals surface area contributed by atoms with E-state index in [2.05, 4.69) is 5.32 Å². The number of anilines is 2. The van der Waals surface area contributed by atoms with E-state index in [9.17, 15) is 9.59 Å². The maximum absolute atomic E-state index is 13.5. The minimum Gasteiger partial charge on any atom is -0.350 e. The number of halogens is 1. The van der Waals surface area contributed by atoms with E-state index >= 15 is 0 Å². The number of hydrogen-bond donors (Lipinski definition) is 1. The smallest absolute Gasteiger partial charge is 0.282 e. The predicted octanol–water partition coefficient (Wildman–Crippen LogP) is 5.66. The Morgan fingerprint density at radius 1 is 0.800 bits per heavy atom. The minimum atomic E-state index is -0.426. The van der Waals surface area contributed by atoms with Gasteiger partial charge in [-0.15, -0.1) is 0 Å². The zero-order valence-corrected chi connectivity index (χ0v) is 17.7. The van der Waals surface area contributed by atoms with Crippen LogP contribution in [0.1, 0.15) is 22.3 Å². The summed E-state index contributed by atoms with van der Waals surface area (Å²) in [5, 5.41) is 3.58. The lowest BCUT2D eigenvalue weighted by Gasteiger charge is -2.17. The summed E-state index contributed by atoms with van der Waals surface area (Å²) < 4.78 is 0. The number of imide groups is 1. The van der Waals surface area contributed by atoms with Crippen molar-refractivity contribution in [3.63, 3.8) is 0 Å². The molecule has 0 aliphatic carbocycles. The molecule has 150 valence electrons. The summed E-state index contributed by atoms with van der Waals surface area (Å²) >= 11 is 6.32. The molecule has 3 aromatic rings. The van der Waals surface area contributed by atoms with Crippen LogP contribution >= 0.6 is 11.6 Å². The third-order valence-electron chi connectivity index (χ3n) is 5.17. The maximum atomic E-state index is 13.5. The van der Waals surface area contributed by atoms with Crippen molar-refractivity contribution in [2.45, 2.75) is 20.8 Å². The van der Waals surface area contributed by atoms with Gasteiger partial charge in [0.2, 0.25) is 0 Å². The number of benzene rings is 3. The number of carbonyl (C=O) groups excluding carboxylic acids is 2. The van der Waals surface area contributed by atoms with Crippen molar-refractivity contribution in [1.29, 1.82) is 0 Å². The van der Waals surface area contributed by atoms with Crippen molar-refractivity contribution in [2.24, 2.45) is 0 Å². The number of nitrogens with zero attached hydrogens (tertiary/aromatic N) is 1. The lowest BCUT2D eigenvalue weighted by Crippen LogP contribution is -2.32. The van der Waals surface area contributed by atoms with Crippen molar-refractivity contribution < 1.29 is 9.59 Å². The van der Waals surface area contributed by atoms with Crippen LogP contribution in [0.25, 0.3) is 5.57 Å². The number of para-hydroxylation sites is 1. The molecule has 0 radical (unpaired) electrons. The summed E-state index contributed by atoms with van der Waals surface area (Å²) in [7, 11) is 0. The van der Waals surface area contributed by atoms with Crippen LogP contribution in [0, 0.1) is 20.8 Å². The molecule has 0 saturated carbocycles. The highest BCUT2D eigenvalue weighted by atomic mass is 35.5. The van der Waals surface area contributed by atoms with Gasteiger partial charge in [-0.3, -0.25) is 9.59 Å². The molecule has 2 amide bonds. The normalized spacial score (nSPS) is 13.9. The van der Waals surface area contributed by atoms with Crippen molar-refractivity contribution >= 4 is 40.4 Å². The van der Waals surface area contributed by atoms with E-state index in [1.54, 1.807) is 24.3 Å². The fourth-order valence-electron chi connectivity index (χ4n) is 3.49. The summed E-state index contributed by atoms with van der Waals surface area (Å²) in [5.41, 5.74) is 5.53. The predicted molar refractivity (Wildman–Crippen MR) is 122 cm³/mol. The lowest BCUT2D eigenvalue weighted by atomic mass is 10.0. The second kappa shape index (κ2) is 7.81. The molecule has 0 unspecified atom stereocenters. The van der Waals surface area contributed by atoms with Crippen LogP contribution in [0.5, 0.6) is 0 Å². The zero-order valence-electron chi connectivity index (χ0n) is 17.0. The van der Waals surface area contributed by atoms with Gasteiger partial charge in [0.05, 0.1) is 16.3 Å². The van der Waals surface area contributed by atoms with E-state index in [0.717, 1.165) is 27.3 Å². The fraction of sp³-hybridized carbons (Fsp3) is 0.120. The van der Waals surface area contributed by atoms with Gasteiger partial charge >= 0.3 is 0 Å². The molecule has 5 heteroatoms. The van der Waals surface area contributed by atoms with Gasteiger partial charge in [-0.05, 0) is 55.7 Å². The fourth-order valence-corrected chi connectivity index (χ4v) is 3.71. The number of carbonyl (C=O) groups is 2. The molecule has 1 aliphatic rings. The molecule has 4 nitrogen and oxygen atoms in total. The third kappa shape index (κ3) is 3.51. The molecule has 0 saturated heterocycles. The quantitative estimate of drug-likeness (QED) is 0.558. The number of aryl methyl sites for hydroxylation is 3. The van der Waals surface area contributed by atoms with Crippen LogP contribution in [-0.4, -0.2) is 11.8 Å². The molecule has 0 bridgehead atoms. The first-order valence-electron chi connectivity index (χ1n) is 9.65. The molecule has 3 aromatic carbocycles. The highest BCUT2D eigenvalue weighted by Crippen LogP contribution is 2.37. The summed E-state index contributed by atoms with van der Waals surface area (Å²) in [5.74, 6) is -0.825. The molecular weight excluding hydrogens is 396 g/mol. The van der Waals surface area contributed by atoms with Crippen molar-refractivity contribution in [2.75, 3.05) is 10.2 Å². The summed E-state index contributed by atoms with van der Waals surface area (Å²) in [6.45, 7) is 5.92. The molecule has 1 aliphatic heterocycles. The third-order valence-corrected chi connectivity index (χ3v) is 5.49. The van der Waals surface area contributed by atoms with Gasteiger partial charge < -0.3 is 5.32 Å². The van der Waals surface area contributed by atoms with Gasteiger partial charge in [0, 0.05) is 5.69 Å². The highest BCUT2D eigenvalue weighted by molar-refractivity contribution is 6.48. The Kier molecular flexibility index (Phi) is 5.18. The van der Waals surface area contributed by atoms with E-state index in [-0.39, 0.29) is 5.70 Å². The Labute approximate surface area is 180 Å². The first kappa shape index (κ1) is 19.9. The summed E-state index contributed by atoms with van der Waals surface area (Å²) in [6.07, 6.45) is 0. The van der Waals surface area contributed by atoms with E-state index in [1.807, 2.05) is 63.2 Å². The van der Waals surface area contributed by atoms with Crippen LogP contribution in [0.3, 0.4) is 0 Å². The summed E-state index contributed by atoms with van der Waals surface area (Å²) in [4.78, 5) is 28.0. The maximum Gasteiger partial charge on any atom is 0.282 e. The Bertz CT molecular complexity index is 1200. The molecule has 30 heavy (non-hydrogen) atoms. The highest BCUT2D eigenvalue weighted by Gasteiger charge is 2.41. The number of nitrogens with one attached hydrogen (secondary N) is 1. The van der Waals surface area contributed by atoms with Gasteiger partial charge in [-0.25, -0.2) is 4.90 Å². The molecule has 4 rings (SSSR count). The van der Waals surface area contributed by atoms with E-state index in [4.69, 9.17) is 11.6 Å². The number of amides is 2. The number of rotatable bonds is 4.